The van der Waals surface area contributed by atoms with E-state index in [-0.39, 0.29) is 33.3 Å². The van der Waals surface area contributed by atoms with E-state index in [0.29, 0.717) is 5.69 Å². The van der Waals surface area contributed by atoms with E-state index >= 15 is 0 Å². The molecule has 0 unspecified atom stereocenters. The molecule has 16 heteroatoms. The Morgan fingerprint density at radius 3 is 1.91 bits per heavy atom. The lowest BCUT2D eigenvalue weighted by molar-refractivity contribution is 0.259. The van der Waals surface area contributed by atoms with E-state index in [9.17, 15) is 26.2 Å². The van der Waals surface area contributed by atoms with E-state index in [0.717, 1.165) is 18.2 Å². The number of nitrogens with zero attached hydrogens (tertiary/aromatic N) is 4. The summed E-state index contributed by atoms with van der Waals surface area (Å²) >= 11 is 0. The normalized spacial score (nSPS) is 12.3. The van der Waals surface area contributed by atoms with Crippen LogP contribution >= 0.6 is 0 Å². The fraction of sp³-hybridized carbons (Fsp3) is 0. The molecule has 2 amide bonds. The SMILES string of the molecule is NC(=O)Nc1cc(N)ccc1N=Nc1ccc(N=Nc2ccc(S(=O)(=O)O)cc2)cc1S(=O)(=O)O. The average Bonchev–Trinajstić information content (AvgIpc) is 2.76. The smallest absolute Gasteiger partial charge is 0.316 e. The Bertz CT molecular complexity index is 1550. The predicted molar refractivity (Wildman–Crippen MR) is 125 cm³/mol. The fourth-order valence-electron chi connectivity index (χ4n) is 2.64. The first-order chi connectivity index (χ1) is 16.3. The van der Waals surface area contributed by atoms with Gasteiger partial charge in [0.2, 0.25) is 0 Å². The molecule has 182 valence electrons. The van der Waals surface area contributed by atoms with Gasteiger partial charge in [-0.25, -0.2) is 4.79 Å². The molecule has 0 saturated carbocycles. The Kier molecular flexibility index (Phi) is 7.20. The van der Waals surface area contributed by atoms with Gasteiger partial charge in [0.1, 0.15) is 16.3 Å². The molecule has 3 aromatic carbocycles. The number of carbonyl (C=O) groups excluding carboxylic acids is 1. The Labute approximate surface area is 198 Å². The molecule has 0 bridgehead atoms. The molecular weight excluding hydrogens is 502 g/mol. The minimum Gasteiger partial charge on any atom is -0.399 e. The highest BCUT2D eigenvalue weighted by Gasteiger charge is 2.17. The number of hydrogen-bond donors (Lipinski definition) is 5. The summed E-state index contributed by atoms with van der Waals surface area (Å²) in [6.07, 6.45) is 0. The number of carbonyl (C=O) groups is 1. The Hall–Kier alpha value is -4.25. The van der Waals surface area contributed by atoms with Crippen LogP contribution < -0.4 is 16.8 Å². The number of urea groups is 1. The van der Waals surface area contributed by atoms with Crippen LogP contribution in [0, 0.1) is 0 Å². The van der Waals surface area contributed by atoms with Crippen molar-refractivity contribution >= 4 is 60.4 Å². The van der Waals surface area contributed by atoms with Crippen LogP contribution in [0.25, 0.3) is 0 Å². The van der Waals surface area contributed by atoms with Crippen LogP contribution in [0.2, 0.25) is 0 Å². The van der Waals surface area contributed by atoms with Crippen LogP contribution in [0.5, 0.6) is 0 Å². The second-order valence-electron chi connectivity index (χ2n) is 6.76. The van der Waals surface area contributed by atoms with Gasteiger partial charge >= 0.3 is 6.03 Å². The Morgan fingerprint density at radius 1 is 0.743 bits per heavy atom. The summed E-state index contributed by atoms with van der Waals surface area (Å²) in [5, 5.41) is 17.7. The number of benzene rings is 3. The molecule has 0 fully saturated rings. The maximum atomic E-state index is 11.9. The summed E-state index contributed by atoms with van der Waals surface area (Å²) in [6.45, 7) is 0. The number of anilines is 2. The molecule has 0 aliphatic heterocycles. The van der Waals surface area contributed by atoms with Crippen molar-refractivity contribution in [2.45, 2.75) is 9.79 Å². The number of primary amides is 1. The quantitative estimate of drug-likeness (QED) is 0.172. The summed E-state index contributed by atoms with van der Waals surface area (Å²) in [5.74, 6) is 0. The lowest BCUT2D eigenvalue weighted by Gasteiger charge is -2.07. The first kappa shape index (κ1) is 25.4. The third-order valence-corrected chi connectivity index (χ3v) is 5.93. The van der Waals surface area contributed by atoms with Crippen LogP contribution in [0.3, 0.4) is 0 Å². The minimum atomic E-state index is -4.76. The zero-order valence-corrected chi connectivity index (χ0v) is 19.1. The van der Waals surface area contributed by atoms with Crippen LogP contribution in [0.15, 0.2) is 90.9 Å². The maximum Gasteiger partial charge on any atom is 0.316 e. The van der Waals surface area contributed by atoms with Gasteiger partial charge in [-0.15, -0.1) is 10.2 Å². The Balaban J connectivity index is 1.93. The second kappa shape index (κ2) is 9.94. The van der Waals surface area contributed by atoms with Crippen molar-refractivity contribution < 1.29 is 30.7 Å². The van der Waals surface area contributed by atoms with Crippen molar-refractivity contribution in [2.75, 3.05) is 11.1 Å². The number of nitrogens with one attached hydrogen (secondary N) is 1. The van der Waals surface area contributed by atoms with E-state index in [2.05, 4.69) is 25.8 Å². The highest BCUT2D eigenvalue weighted by Crippen LogP contribution is 2.33. The topological polar surface area (TPSA) is 239 Å². The molecule has 14 nitrogen and oxygen atoms in total. The van der Waals surface area contributed by atoms with Crippen LogP contribution in [-0.2, 0) is 20.2 Å². The molecule has 0 saturated heterocycles. The summed E-state index contributed by atoms with van der Waals surface area (Å²) < 4.78 is 64.6. The van der Waals surface area contributed by atoms with Gasteiger partial charge in [0.15, 0.2) is 0 Å². The minimum absolute atomic E-state index is 0.0130. The van der Waals surface area contributed by atoms with Crippen LogP contribution in [0.4, 0.5) is 38.9 Å². The standard InChI is InChI=1S/C19H17N7O7S2/c20-11-1-7-15(17(9-11)22-19(21)27)25-26-16-8-4-13(10-18(16)35(31,32)33)24-23-12-2-5-14(6-3-12)34(28,29)30/h1-10H,20H2,(H3,21,22,27)(H,28,29,30)(H,31,32,33). The van der Waals surface area contributed by atoms with Gasteiger partial charge in [-0.1, -0.05) is 0 Å². The van der Waals surface area contributed by atoms with E-state index in [1.165, 1.54) is 42.5 Å². The van der Waals surface area contributed by atoms with Crippen LogP contribution in [0.1, 0.15) is 0 Å². The number of nitrogens with two attached hydrogens (primary N) is 2. The highest BCUT2D eigenvalue weighted by molar-refractivity contribution is 7.86. The van der Waals surface area contributed by atoms with Crippen LogP contribution in [-0.4, -0.2) is 32.0 Å². The zero-order valence-electron chi connectivity index (χ0n) is 17.5. The molecule has 0 heterocycles. The highest BCUT2D eigenvalue weighted by atomic mass is 32.2. The molecule has 0 aromatic heterocycles. The molecule has 0 atom stereocenters. The second-order valence-corrected chi connectivity index (χ2v) is 9.57. The van der Waals surface area contributed by atoms with Gasteiger partial charge in [0.25, 0.3) is 20.2 Å². The fourth-order valence-corrected chi connectivity index (χ4v) is 3.76. The first-order valence-electron chi connectivity index (χ1n) is 9.31. The number of hydrogen-bond acceptors (Lipinski definition) is 10. The summed E-state index contributed by atoms with van der Waals surface area (Å²) in [7, 11) is -9.13. The van der Waals surface area contributed by atoms with Crippen molar-refractivity contribution in [2.24, 2.45) is 26.2 Å². The van der Waals surface area contributed by atoms with Crippen molar-refractivity contribution in [3.63, 3.8) is 0 Å². The van der Waals surface area contributed by atoms with Gasteiger partial charge < -0.3 is 16.8 Å². The molecule has 3 aromatic rings. The lowest BCUT2D eigenvalue weighted by atomic mass is 10.2. The van der Waals surface area contributed by atoms with Crippen molar-refractivity contribution in [1.82, 2.24) is 0 Å². The molecule has 35 heavy (non-hydrogen) atoms. The number of nitrogen functional groups attached to an aromatic ring is 1. The molecule has 0 spiro atoms. The van der Waals surface area contributed by atoms with Gasteiger partial charge in [0.05, 0.1) is 22.0 Å². The summed E-state index contributed by atoms with van der Waals surface area (Å²) in [5.41, 5.74) is 11.3. The molecule has 3 rings (SSSR count). The number of amides is 2. The first-order valence-corrected chi connectivity index (χ1v) is 12.2. The number of rotatable bonds is 7. The monoisotopic (exact) mass is 519 g/mol. The zero-order chi connectivity index (χ0) is 25.8. The van der Waals surface area contributed by atoms with E-state index < -0.39 is 31.2 Å². The van der Waals surface area contributed by atoms with Gasteiger partial charge in [-0.3, -0.25) is 9.11 Å². The van der Waals surface area contributed by atoms with Gasteiger partial charge in [-0.05, 0) is 60.7 Å². The molecule has 0 radical (unpaired) electrons. The van der Waals surface area contributed by atoms with Gasteiger partial charge in [-0.2, -0.15) is 27.1 Å². The largest absolute Gasteiger partial charge is 0.399 e. The lowest BCUT2D eigenvalue weighted by Crippen LogP contribution is -2.19. The molecule has 0 aliphatic carbocycles. The molecular formula is C19H17N7O7S2. The number of azo groups is 2. The van der Waals surface area contributed by atoms with Crippen molar-refractivity contribution in [3.8, 4) is 0 Å². The third kappa shape index (κ3) is 6.87. The molecule has 0 aliphatic rings. The summed E-state index contributed by atoms with van der Waals surface area (Å²) in [4.78, 5) is 10.2. The van der Waals surface area contributed by atoms with E-state index in [1.807, 2.05) is 0 Å². The predicted octanol–water partition coefficient (Wildman–Crippen LogP) is 4.08. The van der Waals surface area contributed by atoms with Crippen molar-refractivity contribution in [3.05, 3.63) is 60.7 Å². The Morgan fingerprint density at radius 2 is 1.31 bits per heavy atom. The van der Waals surface area contributed by atoms with E-state index in [4.69, 9.17) is 16.0 Å². The molecule has 7 N–H and O–H groups in total. The third-order valence-electron chi connectivity index (χ3n) is 4.18. The summed E-state index contributed by atoms with van der Waals surface area (Å²) in [6, 6.07) is 11.7. The maximum absolute atomic E-state index is 11.9. The van der Waals surface area contributed by atoms with E-state index in [1.54, 1.807) is 0 Å². The van der Waals surface area contributed by atoms with Gasteiger partial charge in [0, 0.05) is 5.69 Å². The van der Waals surface area contributed by atoms with Crippen molar-refractivity contribution in [1.29, 1.82) is 0 Å². The average molecular weight is 520 g/mol.